The smallest absolute Gasteiger partial charge is 0.343 e. The molecule has 28 heavy (non-hydrogen) atoms. The fourth-order valence-electron chi connectivity index (χ4n) is 2.34. The monoisotopic (exact) mass is 376 g/mol. The molecule has 6 heteroatoms. The zero-order valence-corrected chi connectivity index (χ0v) is 15.4. The van der Waals surface area contributed by atoms with E-state index in [9.17, 15) is 9.90 Å². The number of aromatic nitrogens is 1. The van der Waals surface area contributed by atoms with Gasteiger partial charge in [-0.2, -0.15) is 0 Å². The lowest BCUT2D eigenvalue weighted by molar-refractivity contribution is 0.0734. The number of pyridine rings is 1. The highest BCUT2D eigenvalue weighted by Gasteiger charge is 2.10. The molecule has 6 nitrogen and oxygen atoms in total. The van der Waals surface area contributed by atoms with E-state index < -0.39 is 5.97 Å². The number of phenols is 1. The maximum atomic E-state index is 12.3. The molecule has 0 fully saturated rings. The number of benzene rings is 2. The molecule has 0 amide bonds. The summed E-state index contributed by atoms with van der Waals surface area (Å²) < 4.78 is 10.8. The Morgan fingerprint density at radius 3 is 2.61 bits per heavy atom. The summed E-state index contributed by atoms with van der Waals surface area (Å²) in [5.41, 5.74) is 1.57. The normalized spacial score (nSPS) is 10.8. The minimum Gasteiger partial charge on any atom is -0.507 e. The van der Waals surface area contributed by atoms with Crippen molar-refractivity contribution in [1.82, 2.24) is 4.98 Å². The first-order chi connectivity index (χ1) is 13.7. The van der Waals surface area contributed by atoms with Gasteiger partial charge in [-0.3, -0.25) is 9.98 Å². The highest BCUT2D eigenvalue weighted by Crippen LogP contribution is 2.24. The number of hydrogen-bond acceptors (Lipinski definition) is 6. The molecule has 0 unspecified atom stereocenters. The van der Waals surface area contributed by atoms with Crippen LogP contribution in [0.5, 0.6) is 17.2 Å². The lowest BCUT2D eigenvalue weighted by Crippen LogP contribution is -2.08. The van der Waals surface area contributed by atoms with Crippen LogP contribution in [0.3, 0.4) is 0 Å². The first-order valence-electron chi connectivity index (χ1n) is 8.88. The average Bonchev–Trinajstić information content (AvgIpc) is 2.73. The van der Waals surface area contributed by atoms with Gasteiger partial charge >= 0.3 is 5.97 Å². The first kappa shape index (κ1) is 19.1. The SMILES string of the molecule is CCCOc1ccc(C(=O)Oc2ccc(C=Nc3cccnc3)c(O)c2)cc1. The third-order valence-electron chi connectivity index (χ3n) is 3.77. The van der Waals surface area contributed by atoms with Crippen LogP contribution in [0, 0.1) is 0 Å². The van der Waals surface area contributed by atoms with Gasteiger partial charge in [-0.25, -0.2) is 4.79 Å². The number of rotatable bonds is 7. The number of esters is 1. The summed E-state index contributed by atoms with van der Waals surface area (Å²) in [6, 6.07) is 14.9. The summed E-state index contributed by atoms with van der Waals surface area (Å²) in [4.78, 5) is 20.5. The highest BCUT2D eigenvalue weighted by molar-refractivity contribution is 5.91. The van der Waals surface area contributed by atoms with Crippen molar-refractivity contribution in [2.45, 2.75) is 13.3 Å². The highest BCUT2D eigenvalue weighted by atomic mass is 16.5. The number of ether oxygens (including phenoxy) is 2. The van der Waals surface area contributed by atoms with Crippen molar-refractivity contribution in [3.05, 3.63) is 78.1 Å². The number of carbonyl (C=O) groups excluding carboxylic acids is 1. The summed E-state index contributed by atoms with van der Waals surface area (Å²) in [6.45, 7) is 2.65. The Morgan fingerprint density at radius 2 is 1.93 bits per heavy atom. The van der Waals surface area contributed by atoms with Crippen LogP contribution in [0.15, 0.2) is 72.0 Å². The van der Waals surface area contributed by atoms with E-state index in [4.69, 9.17) is 9.47 Å². The van der Waals surface area contributed by atoms with Crippen molar-refractivity contribution in [2.75, 3.05) is 6.61 Å². The topological polar surface area (TPSA) is 81.0 Å². The molecule has 0 radical (unpaired) electrons. The van der Waals surface area contributed by atoms with Crippen molar-refractivity contribution < 1.29 is 19.4 Å². The Kier molecular flexibility index (Phi) is 6.36. The van der Waals surface area contributed by atoms with E-state index in [1.165, 1.54) is 12.3 Å². The van der Waals surface area contributed by atoms with E-state index >= 15 is 0 Å². The van der Waals surface area contributed by atoms with Crippen LogP contribution >= 0.6 is 0 Å². The van der Waals surface area contributed by atoms with Crippen LogP contribution in [-0.4, -0.2) is 28.9 Å². The molecule has 1 N–H and O–H groups in total. The number of hydrogen-bond donors (Lipinski definition) is 1. The van der Waals surface area contributed by atoms with Crippen LogP contribution in [0.2, 0.25) is 0 Å². The van der Waals surface area contributed by atoms with E-state index in [-0.39, 0.29) is 11.5 Å². The summed E-state index contributed by atoms with van der Waals surface area (Å²) in [6.07, 6.45) is 5.71. The summed E-state index contributed by atoms with van der Waals surface area (Å²) >= 11 is 0. The molecule has 0 aliphatic carbocycles. The Morgan fingerprint density at radius 1 is 1.14 bits per heavy atom. The van der Waals surface area contributed by atoms with Gasteiger partial charge in [-0.05, 0) is 55.0 Å². The predicted octanol–water partition coefficient (Wildman–Crippen LogP) is 4.55. The van der Waals surface area contributed by atoms with Crippen molar-refractivity contribution in [3.8, 4) is 17.2 Å². The van der Waals surface area contributed by atoms with E-state index in [0.29, 0.717) is 29.2 Å². The van der Waals surface area contributed by atoms with E-state index in [0.717, 1.165) is 6.42 Å². The van der Waals surface area contributed by atoms with Crippen LogP contribution in [-0.2, 0) is 0 Å². The first-order valence-corrected chi connectivity index (χ1v) is 8.88. The number of aliphatic imine (C=N–C) groups is 1. The molecule has 1 heterocycles. The second kappa shape index (κ2) is 9.32. The molecular formula is C22H20N2O4. The largest absolute Gasteiger partial charge is 0.507 e. The van der Waals surface area contributed by atoms with E-state index in [1.807, 2.05) is 6.92 Å². The maximum Gasteiger partial charge on any atom is 0.343 e. The van der Waals surface area contributed by atoms with Crippen LogP contribution < -0.4 is 9.47 Å². The maximum absolute atomic E-state index is 12.3. The van der Waals surface area contributed by atoms with Gasteiger partial charge in [0.05, 0.1) is 24.1 Å². The predicted molar refractivity (Wildman–Crippen MR) is 107 cm³/mol. The van der Waals surface area contributed by atoms with Crippen molar-refractivity contribution >= 4 is 17.9 Å². The molecule has 0 atom stereocenters. The molecule has 1 aromatic heterocycles. The zero-order valence-electron chi connectivity index (χ0n) is 15.4. The lowest BCUT2D eigenvalue weighted by atomic mass is 10.2. The van der Waals surface area contributed by atoms with Gasteiger partial charge in [0.1, 0.15) is 17.2 Å². The van der Waals surface area contributed by atoms with Gasteiger partial charge in [0.2, 0.25) is 0 Å². The third kappa shape index (κ3) is 5.17. The Hall–Kier alpha value is -3.67. The van der Waals surface area contributed by atoms with Crippen LogP contribution in [0.1, 0.15) is 29.3 Å². The molecule has 0 bridgehead atoms. The summed E-state index contributed by atoms with van der Waals surface area (Å²) in [5, 5.41) is 10.2. The van der Waals surface area contributed by atoms with Gasteiger partial charge in [0.15, 0.2) is 0 Å². The Labute approximate surface area is 163 Å². The van der Waals surface area contributed by atoms with Gasteiger partial charge < -0.3 is 14.6 Å². The van der Waals surface area contributed by atoms with Crippen molar-refractivity contribution in [2.24, 2.45) is 4.99 Å². The molecule has 0 aliphatic heterocycles. The Balaban J connectivity index is 1.65. The summed E-state index contributed by atoms with van der Waals surface area (Å²) in [7, 11) is 0. The minimum atomic E-state index is -0.516. The lowest BCUT2D eigenvalue weighted by Gasteiger charge is -2.08. The fraction of sp³-hybridized carbons (Fsp3) is 0.136. The standard InChI is InChI=1S/C22H20N2O4/c1-2-12-27-19-8-5-16(6-9-19)22(26)28-20-10-7-17(21(25)13-20)14-24-18-4-3-11-23-15-18/h3-11,13-15,25H,2,12H2,1H3. The molecule has 3 aromatic rings. The fourth-order valence-corrected chi connectivity index (χ4v) is 2.34. The number of nitrogens with zero attached hydrogens (tertiary/aromatic N) is 2. The molecule has 0 aliphatic rings. The molecule has 0 saturated heterocycles. The zero-order chi connectivity index (χ0) is 19.8. The van der Waals surface area contributed by atoms with E-state index in [2.05, 4.69) is 9.98 Å². The van der Waals surface area contributed by atoms with Crippen LogP contribution in [0.25, 0.3) is 0 Å². The number of phenolic OH excluding ortho intramolecular Hbond substituents is 1. The Bertz CT molecular complexity index is 954. The molecule has 142 valence electrons. The van der Waals surface area contributed by atoms with Gasteiger partial charge in [-0.1, -0.05) is 6.92 Å². The number of aromatic hydroxyl groups is 1. The molecule has 2 aromatic carbocycles. The molecular weight excluding hydrogens is 356 g/mol. The third-order valence-corrected chi connectivity index (χ3v) is 3.77. The summed E-state index contributed by atoms with van der Waals surface area (Å²) in [5.74, 6) is 0.389. The van der Waals surface area contributed by atoms with E-state index in [1.54, 1.807) is 60.9 Å². The van der Waals surface area contributed by atoms with Crippen molar-refractivity contribution in [1.29, 1.82) is 0 Å². The van der Waals surface area contributed by atoms with Crippen LogP contribution in [0.4, 0.5) is 5.69 Å². The van der Waals surface area contributed by atoms with Gasteiger partial charge in [0, 0.05) is 24.0 Å². The second-order valence-electron chi connectivity index (χ2n) is 5.95. The van der Waals surface area contributed by atoms with Crippen molar-refractivity contribution in [3.63, 3.8) is 0 Å². The molecule has 0 saturated carbocycles. The molecule has 0 spiro atoms. The van der Waals surface area contributed by atoms with Gasteiger partial charge in [0.25, 0.3) is 0 Å². The second-order valence-corrected chi connectivity index (χ2v) is 5.95. The average molecular weight is 376 g/mol. The minimum absolute atomic E-state index is 0.0405. The molecule has 3 rings (SSSR count). The van der Waals surface area contributed by atoms with Gasteiger partial charge in [-0.15, -0.1) is 0 Å². The number of carbonyl (C=O) groups is 1. The quantitative estimate of drug-likeness (QED) is 0.372.